The van der Waals surface area contributed by atoms with E-state index in [0.29, 0.717) is 29.6 Å². The Bertz CT molecular complexity index is 387. The molecule has 0 radical (unpaired) electrons. The summed E-state index contributed by atoms with van der Waals surface area (Å²) >= 11 is 1.58. The Balaban J connectivity index is 2.41. The van der Waals surface area contributed by atoms with Crippen LogP contribution in [0.4, 0.5) is 5.82 Å². The summed E-state index contributed by atoms with van der Waals surface area (Å²) in [6.45, 7) is 1.88. The summed E-state index contributed by atoms with van der Waals surface area (Å²) in [7, 11) is 1.38. The molecule has 0 bridgehead atoms. The first kappa shape index (κ1) is 13.7. The van der Waals surface area contributed by atoms with Crippen molar-refractivity contribution in [1.82, 2.24) is 9.97 Å². The molecule has 17 heavy (non-hydrogen) atoms. The van der Waals surface area contributed by atoms with E-state index >= 15 is 0 Å². The van der Waals surface area contributed by atoms with Crippen LogP contribution in [0.25, 0.3) is 0 Å². The number of nitrogen functional groups attached to an aromatic ring is 1. The summed E-state index contributed by atoms with van der Waals surface area (Å²) in [5, 5.41) is 0. The Morgan fingerprint density at radius 3 is 3.00 bits per heavy atom. The van der Waals surface area contributed by atoms with Gasteiger partial charge in [-0.1, -0.05) is 0 Å². The van der Waals surface area contributed by atoms with Crippen LogP contribution in [0.15, 0.2) is 6.07 Å². The lowest BCUT2D eigenvalue weighted by atomic mass is 10.4. The van der Waals surface area contributed by atoms with Crippen LogP contribution in [0.5, 0.6) is 0 Å². The van der Waals surface area contributed by atoms with Crippen LogP contribution in [-0.2, 0) is 15.3 Å². The van der Waals surface area contributed by atoms with Crippen molar-refractivity contribution in [3.63, 3.8) is 0 Å². The van der Waals surface area contributed by atoms with E-state index in [2.05, 4.69) is 20.1 Å². The van der Waals surface area contributed by atoms with Crippen molar-refractivity contribution in [1.29, 1.82) is 0 Å². The number of ether oxygens (including phenoxy) is 1. The third-order valence-electron chi connectivity index (χ3n) is 1.96. The summed E-state index contributed by atoms with van der Waals surface area (Å²) in [4.78, 5) is 19.4. The molecule has 0 aliphatic rings. The van der Waals surface area contributed by atoms with Gasteiger partial charge in [-0.2, -0.15) is 11.8 Å². The summed E-state index contributed by atoms with van der Waals surface area (Å²) in [5.74, 6) is 7.73. The molecule has 0 aromatic carbocycles. The number of nitrogens with two attached hydrogens (primary N) is 1. The molecule has 1 aromatic rings. The van der Waals surface area contributed by atoms with Gasteiger partial charge in [0.15, 0.2) is 0 Å². The van der Waals surface area contributed by atoms with Crippen LogP contribution in [0.1, 0.15) is 17.9 Å². The topological polar surface area (TPSA) is 90.1 Å². The van der Waals surface area contributed by atoms with E-state index in [1.54, 1.807) is 17.8 Å². The molecule has 1 heterocycles. The second-order valence-electron chi connectivity index (χ2n) is 3.33. The largest absolute Gasteiger partial charge is 0.469 e. The maximum absolute atomic E-state index is 10.9. The van der Waals surface area contributed by atoms with E-state index < -0.39 is 0 Å². The molecule has 0 fully saturated rings. The molecule has 3 N–H and O–H groups in total. The van der Waals surface area contributed by atoms with Crippen LogP contribution in [0.2, 0.25) is 0 Å². The first-order valence-corrected chi connectivity index (χ1v) is 6.27. The number of carbonyl (C=O) groups is 1. The van der Waals surface area contributed by atoms with Crippen LogP contribution in [0, 0.1) is 6.92 Å². The Kier molecular flexibility index (Phi) is 5.71. The molecule has 0 aliphatic carbocycles. The standard InChI is InChI=1S/C10H16N4O2S/c1-7-5-8(14-11)13-9(12-7)6-17-4-3-10(15)16-2/h5H,3-4,6,11H2,1-2H3,(H,12,13,14). The van der Waals surface area contributed by atoms with Gasteiger partial charge in [0.2, 0.25) is 0 Å². The van der Waals surface area contributed by atoms with Crippen LogP contribution in [0.3, 0.4) is 0 Å². The van der Waals surface area contributed by atoms with Crippen LogP contribution in [-0.4, -0.2) is 28.8 Å². The number of nitrogens with one attached hydrogen (secondary N) is 1. The molecule has 0 amide bonds. The summed E-state index contributed by atoms with van der Waals surface area (Å²) in [6.07, 6.45) is 0.398. The first-order valence-electron chi connectivity index (χ1n) is 5.11. The van der Waals surface area contributed by atoms with Crippen LogP contribution >= 0.6 is 11.8 Å². The zero-order chi connectivity index (χ0) is 12.7. The van der Waals surface area contributed by atoms with Crippen molar-refractivity contribution in [2.75, 3.05) is 18.3 Å². The third kappa shape index (κ3) is 5.01. The molecule has 6 nitrogen and oxygen atoms in total. The fourth-order valence-corrected chi connectivity index (χ4v) is 1.96. The molecule has 1 aromatic heterocycles. The number of aromatic nitrogens is 2. The highest BCUT2D eigenvalue weighted by molar-refractivity contribution is 7.98. The van der Waals surface area contributed by atoms with Crippen molar-refractivity contribution >= 4 is 23.5 Å². The van der Waals surface area contributed by atoms with E-state index in [1.807, 2.05) is 6.92 Å². The number of rotatable bonds is 6. The van der Waals surface area contributed by atoms with Crippen molar-refractivity contribution in [3.8, 4) is 0 Å². The van der Waals surface area contributed by atoms with Gasteiger partial charge in [0.05, 0.1) is 19.3 Å². The summed E-state index contributed by atoms with van der Waals surface area (Å²) in [5.41, 5.74) is 3.35. The van der Waals surface area contributed by atoms with E-state index in [0.717, 1.165) is 5.69 Å². The average Bonchev–Trinajstić information content (AvgIpc) is 2.33. The lowest BCUT2D eigenvalue weighted by molar-refractivity contribution is -0.140. The minimum Gasteiger partial charge on any atom is -0.469 e. The summed E-state index contributed by atoms with van der Waals surface area (Å²) in [6, 6.07) is 1.77. The number of hydrogen-bond acceptors (Lipinski definition) is 7. The van der Waals surface area contributed by atoms with Gasteiger partial charge in [-0.25, -0.2) is 15.8 Å². The number of esters is 1. The van der Waals surface area contributed by atoms with Gasteiger partial charge in [-0.15, -0.1) is 0 Å². The average molecular weight is 256 g/mol. The SMILES string of the molecule is COC(=O)CCSCc1nc(C)cc(NN)n1. The number of thioether (sulfide) groups is 1. The molecular weight excluding hydrogens is 240 g/mol. The second-order valence-corrected chi connectivity index (χ2v) is 4.44. The second kappa shape index (κ2) is 7.08. The Labute approximate surface area is 104 Å². The van der Waals surface area contributed by atoms with Crippen molar-refractivity contribution in [2.45, 2.75) is 19.1 Å². The molecule has 0 atom stereocenters. The molecule has 7 heteroatoms. The highest BCUT2D eigenvalue weighted by atomic mass is 32.2. The Hall–Kier alpha value is -1.34. The highest BCUT2D eigenvalue weighted by Gasteiger charge is 2.03. The Morgan fingerprint density at radius 2 is 2.35 bits per heavy atom. The smallest absolute Gasteiger partial charge is 0.306 e. The number of methoxy groups -OCH3 is 1. The first-order chi connectivity index (χ1) is 8.15. The number of anilines is 1. The molecule has 94 valence electrons. The fraction of sp³-hybridized carbons (Fsp3) is 0.500. The van der Waals surface area contributed by atoms with Crippen LogP contribution < -0.4 is 11.3 Å². The van der Waals surface area contributed by atoms with E-state index in [-0.39, 0.29) is 5.97 Å². The van der Waals surface area contributed by atoms with Crippen molar-refractivity contribution < 1.29 is 9.53 Å². The van der Waals surface area contributed by atoms with E-state index in [4.69, 9.17) is 5.84 Å². The zero-order valence-corrected chi connectivity index (χ0v) is 10.7. The summed E-state index contributed by atoms with van der Waals surface area (Å²) < 4.78 is 4.55. The van der Waals surface area contributed by atoms with E-state index in [9.17, 15) is 4.79 Å². The minimum absolute atomic E-state index is 0.202. The predicted molar refractivity (Wildman–Crippen MR) is 67.4 cm³/mol. The molecule has 0 aliphatic heterocycles. The lowest BCUT2D eigenvalue weighted by Crippen LogP contribution is -2.10. The normalized spacial score (nSPS) is 10.1. The van der Waals surface area contributed by atoms with Gasteiger partial charge in [0.1, 0.15) is 11.6 Å². The lowest BCUT2D eigenvalue weighted by Gasteiger charge is -2.05. The maximum atomic E-state index is 10.9. The van der Waals surface area contributed by atoms with Gasteiger partial charge in [0.25, 0.3) is 0 Å². The number of aryl methyl sites for hydroxylation is 1. The number of hydrogen-bond donors (Lipinski definition) is 2. The van der Waals surface area contributed by atoms with Gasteiger partial charge in [0, 0.05) is 17.5 Å². The number of nitrogens with zero attached hydrogens (tertiary/aromatic N) is 2. The predicted octanol–water partition coefficient (Wildman–Crippen LogP) is 0.867. The third-order valence-corrected chi connectivity index (χ3v) is 2.91. The van der Waals surface area contributed by atoms with E-state index in [1.165, 1.54) is 7.11 Å². The van der Waals surface area contributed by atoms with Gasteiger partial charge in [-0.05, 0) is 6.92 Å². The van der Waals surface area contributed by atoms with Crippen molar-refractivity contribution in [3.05, 3.63) is 17.6 Å². The molecular formula is C10H16N4O2S. The number of hydrazine groups is 1. The quantitative estimate of drug-likeness (QED) is 0.338. The maximum Gasteiger partial charge on any atom is 0.306 e. The van der Waals surface area contributed by atoms with Gasteiger partial charge < -0.3 is 10.2 Å². The molecule has 0 unspecified atom stereocenters. The van der Waals surface area contributed by atoms with Gasteiger partial charge >= 0.3 is 5.97 Å². The molecule has 0 spiro atoms. The molecule has 0 saturated heterocycles. The molecule has 0 saturated carbocycles. The zero-order valence-electron chi connectivity index (χ0n) is 9.90. The monoisotopic (exact) mass is 256 g/mol. The fourth-order valence-electron chi connectivity index (χ4n) is 1.19. The molecule has 1 rings (SSSR count). The van der Waals surface area contributed by atoms with Gasteiger partial charge in [-0.3, -0.25) is 4.79 Å². The highest BCUT2D eigenvalue weighted by Crippen LogP contribution is 2.12. The number of carbonyl (C=O) groups excluding carboxylic acids is 1. The van der Waals surface area contributed by atoms with Crippen molar-refractivity contribution in [2.24, 2.45) is 5.84 Å². The Morgan fingerprint density at radius 1 is 1.59 bits per heavy atom. The minimum atomic E-state index is -0.202.